The third-order valence-electron chi connectivity index (χ3n) is 3.33. The number of anilines is 1. The SMILES string of the molecule is C[C@H](C(=O)Nc1ccc(CS(N)(=O)=O)cc1)c1cccc(F)c1. The monoisotopic (exact) mass is 336 g/mol. The van der Waals surface area contributed by atoms with Crippen LogP contribution in [0.1, 0.15) is 24.0 Å². The quantitative estimate of drug-likeness (QED) is 0.878. The van der Waals surface area contributed by atoms with Crippen molar-refractivity contribution in [1.29, 1.82) is 0 Å². The molecular weight excluding hydrogens is 319 g/mol. The van der Waals surface area contributed by atoms with Crippen molar-refractivity contribution in [2.24, 2.45) is 5.14 Å². The van der Waals surface area contributed by atoms with E-state index in [-0.39, 0.29) is 11.7 Å². The van der Waals surface area contributed by atoms with Gasteiger partial charge in [-0.1, -0.05) is 24.3 Å². The number of nitrogens with two attached hydrogens (primary N) is 1. The fourth-order valence-corrected chi connectivity index (χ4v) is 2.75. The van der Waals surface area contributed by atoms with Gasteiger partial charge >= 0.3 is 0 Å². The summed E-state index contributed by atoms with van der Waals surface area (Å²) in [5.41, 5.74) is 1.63. The lowest BCUT2D eigenvalue weighted by Gasteiger charge is -2.13. The van der Waals surface area contributed by atoms with Crippen LogP contribution in [0.25, 0.3) is 0 Å². The van der Waals surface area contributed by atoms with Crippen LogP contribution in [0.15, 0.2) is 48.5 Å². The Kier molecular flexibility index (Phi) is 5.12. The molecule has 0 saturated heterocycles. The molecule has 0 unspecified atom stereocenters. The Morgan fingerprint density at radius 3 is 2.43 bits per heavy atom. The van der Waals surface area contributed by atoms with E-state index in [1.54, 1.807) is 43.3 Å². The molecule has 7 heteroatoms. The lowest BCUT2D eigenvalue weighted by Crippen LogP contribution is -2.19. The summed E-state index contributed by atoms with van der Waals surface area (Å²) in [5, 5.41) is 7.68. The first-order valence-corrected chi connectivity index (χ1v) is 8.62. The second-order valence-corrected chi connectivity index (χ2v) is 6.88. The number of hydrogen-bond donors (Lipinski definition) is 2. The predicted octanol–water partition coefficient (Wildman–Crippen LogP) is 2.36. The van der Waals surface area contributed by atoms with Gasteiger partial charge in [0.1, 0.15) is 5.82 Å². The van der Waals surface area contributed by atoms with Gasteiger partial charge in [0.2, 0.25) is 15.9 Å². The Morgan fingerprint density at radius 2 is 1.87 bits per heavy atom. The first-order valence-electron chi connectivity index (χ1n) is 6.90. The molecule has 23 heavy (non-hydrogen) atoms. The molecular formula is C16H17FN2O3S. The highest BCUT2D eigenvalue weighted by Crippen LogP contribution is 2.19. The van der Waals surface area contributed by atoms with Crippen LogP contribution in [0.4, 0.5) is 10.1 Å². The summed E-state index contributed by atoms with van der Waals surface area (Å²) in [7, 11) is -3.59. The smallest absolute Gasteiger partial charge is 0.231 e. The van der Waals surface area contributed by atoms with Crippen LogP contribution in [0.2, 0.25) is 0 Å². The van der Waals surface area contributed by atoms with E-state index < -0.39 is 21.8 Å². The van der Waals surface area contributed by atoms with Gasteiger partial charge in [0.05, 0.1) is 11.7 Å². The van der Waals surface area contributed by atoms with Gasteiger partial charge in [0.25, 0.3) is 0 Å². The van der Waals surface area contributed by atoms with Crippen LogP contribution >= 0.6 is 0 Å². The Hall–Kier alpha value is -2.25. The average molecular weight is 336 g/mol. The number of sulfonamides is 1. The minimum atomic E-state index is -3.59. The molecule has 0 saturated carbocycles. The minimum absolute atomic E-state index is 0.263. The van der Waals surface area contributed by atoms with Gasteiger partial charge in [-0.15, -0.1) is 0 Å². The number of carbonyl (C=O) groups is 1. The van der Waals surface area contributed by atoms with Crippen LogP contribution in [-0.2, 0) is 20.6 Å². The van der Waals surface area contributed by atoms with Crippen LogP contribution in [0.3, 0.4) is 0 Å². The van der Waals surface area contributed by atoms with E-state index in [4.69, 9.17) is 5.14 Å². The molecule has 0 fully saturated rings. The molecule has 2 aromatic rings. The summed E-state index contributed by atoms with van der Waals surface area (Å²) in [6.45, 7) is 1.68. The zero-order chi connectivity index (χ0) is 17.0. The lowest BCUT2D eigenvalue weighted by atomic mass is 10.00. The molecule has 0 aliphatic rings. The first kappa shape index (κ1) is 17.1. The van der Waals surface area contributed by atoms with Crippen molar-refractivity contribution in [1.82, 2.24) is 0 Å². The highest BCUT2D eigenvalue weighted by molar-refractivity contribution is 7.88. The molecule has 0 aliphatic heterocycles. The third-order valence-corrected chi connectivity index (χ3v) is 4.07. The molecule has 1 atom stereocenters. The minimum Gasteiger partial charge on any atom is -0.326 e. The molecule has 0 aliphatic carbocycles. The van der Waals surface area contributed by atoms with Crippen LogP contribution < -0.4 is 10.5 Å². The topological polar surface area (TPSA) is 89.3 Å². The van der Waals surface area contributed by atoms with E-state index in [2.05, 4.69) is 5.32 Å². The Labute approximate surface area is 134 Å². The summed E-state index contributed by atoms with van der Waals surface area (Å²) in [4.78, 5) is 12.2. The zero-order valence-corrected chi connectivity index (χ0v) is 13.3. The molecule has 5 nitrogen and oxygen atoms in total. The van der Waals surface area contributed by atoms with Crippen LogP contribution in [0.5, 0.6) is 0 Å². The first-order chi connectivity index (χ1) is 10.7. The number of primary sulfonamides is 1. The predicted molar refractivity (Wildman–Crippen MR) is 86.7 cm³/mol. The number of hydrogen-bond acceptors (Lipinski definition) is 3. The number of rotatable bonds is 5. The number of amides is 1. The van der Waals surface area contributed by atoms with Crippen molar-refractivity contribution < 1.29 is 17.6 Å². The van der Waals surface area contributed by atoms with Crippen molar-refractivity contribution >= 4 is 21.6 Å². The van der Waals surface area contributed by atoms with Crippen molar-refractivity contribution in [3.05, 3.63) is 65.5 Å². The van der Waals surface area contributed by atoms with Crippen molar-refractivity contribution in [2.75, 3.05) is 5.32 Å². The largest absolute Gasteiger partial charge is 0.326 e. The zero-order valence-electron chi connectivity index (χ0n) is 12.5. The number of halogens is 1. The van der Waals surface area contributed by atoms with E-state index in [1.807, 2.05) is 0 Å². The van der Waals surface area contributed by atoms with Crippen LogP contribution in [0, 0.1) is 5.82 Å². The van der Waals surface area contributed by atoms with Gasteiger partial charge < -0.3 is 5.32 Å². The summed E-state index contributed by atoms with van der Waals surface area (Å²) in [5.74, 6) is -1.46. The fraction of sp³-hybridized carbons (Fsp3) is 0.188. The summed E-state index contributed by atoms with van der Waals surface area (Å²) in [6, 6.07) is 12.2. The van der Waals surface area contributed by atoms with Gasteiger partial charge in [-0.25, -0.2) is 17.9 Å². The van der Waals surface area contributed by atoms with Gasteiger partial charge in [-0.3, -0.25) is 4.79 Å². The van der Waals surface area contributed by atoms with E-state index >= 15 is 0 Å². The number of carbonyl (C=O) groups excluding carboxylic acids is 1. The summed E-state index contributed by atoms with van der Waals surface area (Å²) >= 11 is 0. The van der Waals surface area contributed by atoms with E-state index in [1.165, 1.54) is 12.1 Å². The molecule has 2 rings (SSSR count). The lowest BCUT2D eigenvalue weighted by molar-refractivity contribution is -0.117. The highest BCUT2D eigenvalue weighted by atomic mass is 32.2. The molecule has 122 valence electrons. The normalized spacial score (nSPS) is 12.7. The van der Waals surface area contributed by atoms with E-state index in [0.717, 1.165) is 0 Å². The molecule has 2 aromatic carbocycles. The Bertz CT molecular complexity index is 804. The number of benzene rings is 2. The summed E-state index contributed by atoms with van der Waals surface area (Å²) in [6.07, 6.45) is 0. The third kappa shape index (κ3) is 5.15. The highest BCUT2D eigenvalue weighted by Gasteiger charge is 2.16. The van der Waals surface area contributed by atoms with Crippen molar-refractivity contribution in [2.45, 2.75) is 18.6 Å². The molecule has 0 spiro atoms. The van der Waals surface area contributed by atoms with Crippen LogP contribution in [-0.4, -0.2) is 14.3 Å². The average Bonchev–Trinajstić information content (AvgIpc) is 2.47. The maximum atomic E-state index is 13.2. The molecule has 1 amide bonds. The molecule has 3 N–H and O–H groups in total. The second-order valence-electron chi connectivity index (χ2n) is 5.27. The van der Waals surface area contributed by atoms with E-state index in [0.29, 0.717) is 16.8 Å². The van der Waals surface area contributed by atoms with E-state index in [9.17, 15) is 17.6 Å². The Morgan fingerprint density at radius 1 is 1.22 bits per heavy atom. The number of nitrogens with one attached hydrogen (secondary N) is 1. The van der Waals surface area contributed by atoms with Crippen molar-refractivity contribution in [3.63, 3.8) is 0 Å². The molecule has 0 aromatic heterocycles. The van der Waals surface area contributed by atoms with Gasteiger partial charge in [0.15, 0.2) is 0 Å². The maximum Gasteiger partial charge on any atom is 0.231 e. The molecule has 0 heterocycles. The van der Waals surface area contributed by atoms with Gasteiger partial charge in [0, 0.05) is 5.69 Å². The van der Waals surface area contributed by atoms with Gasteiger partial charge in [-0.05, 0) is 42.3 Å². The Balaban J connectivity index is 2.05. The summed E-state index contributed by atoms with van der Waals surface area (Å²) < 4.78 is 35.2. The molecule has 0 radical (unpaired) electrons. The van der Waals surface area contributed by atoms with Gasteiger partial charge in [-0.2, -0.15) is 0 Å². The molecule has 0 bridgehead atoms. The fourth-order valence-electron chi connectivity index (χ4n) is 2.09. The maximum absolute atomic E-state index is 13.2. The van der Waals surface area contributed by atoms with Crippen molar-refractivity contribution in [3.8, 4) is 0 Å². The standard InChI is InChI=1S/C16H17FN2O3S/c1-11(13-3-2-4-14(17)9-13)16(20)19-15-7-5-12(6-8-15)10-23(18,21)22/h2-9,11H,10H2,1H3,(H,19,20)(H2,18,21,22)/t11-/m0/s1. The second kappa shape index (κ2) is 6.89.